The lowest BCUT2D eigenvalue weighted by atomic mass is 10.2. The van der Waals surface area contributed by atoms with Crippen molar-refractivity contribution in [2.24, 2.45) is 0 Å². The maximum atomic E-state index is 12.0. The van der Waals surface area contributed by atoms with Crippen LogP contribution in [-0.2, 0) is 11.2 Å². The first-order valence-electron chi connectivity index (χ1n) is 5.89. The van der Waals surface area contributed by atoms with Crippen molar-refractivity contribution in [3.63, 3.8) is 0 Å². The van der Waals surface area contributed by atoms with Crippen molar-refractivity contribution in [2.45, 2.75) is 19.8 Å². The summed E-state index contributed by atoms with van der Waals surface area (Å²) in [6.07, 6.45) is 2.63. The van der Waals surface area contributed by atoms with E-state index in [1.54, 1.807) is 25.1 Å². The molecule has 0 unspecified atom stereocenters. The molecule has 1 aromatic heterocycles. The highest BCUT2D eigenvalue weighted by Gasteiger charge is 2.11. The highest BCUT2D eigenvalue weighted by molar-refractivity contribution is 5.92. The van der Waals surface area contributed by atoms with Crippen LogP contribution in [-0.4, -0.2) is 17.9 Å². The highest BCUT2D eigenvalue weighted by Crippen LogP contribution is 2.13. The van der Waals surface area contributed by atoms with Crippen molar-refractivity contribution in [1.29, 1.82) is 0 Å². The number of aromatic nitrogens is 1. The second kappa shape index (κ2) is 5.49. The van der Waals surface area contributed by atoms with Crippen LogP contribution in [0.1, 0.15) is 18.0 Å². The minimum atomic E-state index is 0.0712. The van der Waals surface area contributed by atoms with E-state index < -0.39 is 0 Å². The van der Waals surface area contributed by atoms with Gasteiger partial charge in [0, 0.05) is 32.5 Å². The van der Waals surface area contributed by atoms with Gasteiger partial charge >= 0.3 is 0 Å². The maximum Gasteiger partial charge on any atom is 0.227 e. The SMILES string of the molecule is Cc1nc(CCC(=O)N(C)c2ccccc2)co1. The van der Waals surface area contributed by atoms with Gasteiger partial charge in [-0.15, -0.1) is 0 Å². The van der Waals surface area contributed by atoms with E-state index in [2.05, 4.69) is 4.98 Å². The Bertz CT molecular complexity index is 520. The molecule has 2 rings (SSSR count). The van der Waals surface area contributed by atoms with Gasteiger partial charge in [-0.25, -0.2) is 4.98 Å². The molecule has 4 nitrogen and oxygen atoms in total. The number of hydrogen-bond donors (Lipinski definition) is 0. The van der Waals surface area contributed by atoms with Gasteiger partial charge in [0.05, 0.1) is 5.69 Å². The van der Waals surface area contributed by atoms with Crippen LogP contribution in [0, 0.1) is 6.92 Å². The van der Waals surface area contributed by atoms with E-state index in [1.165, 1.54) is 0 Å². The highest BCUT2D eigenvalue weighted by atomic mass is 16.3. The molecule has 0 aliphatic rings. The molecule has 0 N–H and O–H groups in total. The van der Waals surface area contributed by atoms with Crippen LogP contribution in [0.3, 0.4) is 0 Å². The molecule has 1 amide bonds. The van der Waals surface area contributed by atoms with E-state index in [0.717, 1.165) is 11.4 Å². The summed E-state index contributed by atoms with van der Waals surface area (Å²) >= 11 is 0. The molecule has 0 aliphatic heterocycles. The Morgan fingerprint density at radius 2 is 2.06 bits per heavy atom. The summed E-state index contributed by atoms with van der Waals surface area (Å²) in [5.41, 5.74) is 1.72. The largest absolute Gasteiger partial charge is 0.449 e. The summed E-state index contributed by atoms with van der Waals surface area (Å²) in [5, 5.41) is 0. The molecule has 0 spiro atoms. The Morgan fingerprint density at radius 1 is 1.33 bits per heavy atom. The molecule has 0 saturated heterocycles. The molecule has 2 aromatic rings. The number of aryl methyl sites for hydroxylation is 2. The third kappa shape index (κ3) is 2.97. The molecule has 0 radical (unpaired) electrons. The van der Waals surface area contributed by atoms with E-state index in [1.807, 2.05) is 30.3 Å². The van der Waals surface area contributed by atoms with Crippen LogP contribution in [0.15, 0.2) is 41.0 Å². The Hall–Kier alpha value is -2.10. The van der Waals surface area contributed by atoms with Gasteiger partial charge in [0.1, 0.15) is 6.26 Å². The van der Waals surface area contributed by atoms with Crippen molar-refractivity contribution in [1.82, 2.24) is 4.98 Å². The summed E-state index contributed by atoms with van der Waals surface area (Å²) in [4.78, 5) is 17.8. The van der Waals surface area contributed by atoms with Crippen molar-refractivity contribution in [3.05, 3.63) is 48.2 Å². The molecule has 0 aliphatic carbocycles. The fourth-order valence-corrected chi connectivity index (χ4v) is 1.72. The maximum absolute atomic E-state index is 12.0. The van der Waals surface area contributed by atoms with E-state index in [9.17, 15) is 4.79 Å². The van der Waals surface area contributed by atoms with Crippen LogP contribution in [0.4, 0.5) is 5.69 Å². The van der Waals surface area contributed by atoms with Gasteiger partial charge in [0.15, 0.2) is 5.89 Å². The predicted octanol–water partition coefficient (Wildman–Crippen LogP) is 2.58. The molecule has 94 valence electrons. The van der Waals surface area contributed by atoms with Crippen LogP contribution < -0.4 is 4.90 Å². The summed E-state index contributed by atoms with van der Waals surface area (Å²) in [6, 6.07) is 9.59. The Balaban J connectivity index is 1.92. The number of carbonyl (C=O) groups is 1. The minimum Gasteiger partial charge on any atom is -0.449 e. The zero-order valence-electron chi connectivity index (χ0n) is 10.6. The average molecular weight is 244 g/mol. The van der Waals surface area contributed by atoms with Crippen LogP contribution in [0.5, 0.6) is 0 Å². The van der Waals surface area contributed by atoms with Gasteiger partial charge in [-0.1, -0.05) is 18.2 Å². The molecular weight excluding hydrogens is 228 g/mol. The third-order valence-electron chi connectivity index (χ3n) is 2.78. The van der Waals surface area contributed by atoms with E-state index >= 15 is 0 Å². The lowest BCUT2D eigenvalue weighted by Gasteiger charge is -2.16. The number of carbonyl (C=O) groups excluding carboxylic acids is 1. The van der Waals surface area contributed by atoms with Gasteiger partial charge in [0.25, 0.3) is 0 Å². The average Bonchev–Trinajstić information content (AvgIpc) is 2.82. The smallest absolute Gasteiger partial charge is 0.227 e. The van der Waals surface area contributed by atoms with Crippen molar-refractivity contribution in [2.75, 3.05) is 11.9 Å². The lowest BCUT2D eigenvalue weighted by Crippen LogP contribution is -2.26. The number of amides is 1. The topological polar surface area (TPSA) is 46.3 Å². The predicted molar refractivity (Wildman–Crippen MR) is 69.4 cm³/mol. The van der Waals surface area contributed by atoms with Gasteiger partial charge in [-0.05, 0) is 12.1 Å². The van der Waals surface area contributed by atoms with Gasteiger partial charge in [-0.2, -0.15) is 0 Å². The zero-order chi connectivity index (χ0) is 13.0. The van der Waals surface area contributed by atoms with Crippen LogP contribution >= 0.6 is 0 Å². The summed E-state index contributed by atoms with van der Waals surface area (Å²) < 4.78 is 5.11. The number of nitrogens with zero attached hydrogens (tertiary/aromatic N) is 2. The van der Waals surface area contributed by atoms with Gasteiger partial charge in [0.2, 0.25) is 5.91 Å². The van der Waals surface area contributed by atoms with Crippen LogP contribution in [0.25, 0.3) is 0 Å². The quantitative estimate of drug-likeness (QED) is 0.830. The van der Waals surface area contributed by atoms with E-state index in [4.69, 9.17) is 4.42 Å². The molecule has 1 aromatic carbocycles. The summed E-state index contributed by atoms with van der Waals surface area (Å²) in [6.45, 7) is 1.79. The Kier molecular flexibility index (Phi) is 3.77. The molecule has 18 heavy (non-hydrogen) atoms. The summed E-state index contributed by atoms with van der Waals surface area (Å²) in [7, 11) is 1.78. The first kappa shape index (κ1) is 12.4. The molecular formula is C14H16N2O2. The number of hydrogen-bond acceptors (Lipinski definition) is 3. The number of rotatable bonds is 4. The first-order valence-corrected chi connectivity index (χ1v) is 5.89. The number of oxazole rings is 1. The standard InChI is InChI=1S/C14H16N2O2/c1-11-15-12(10-18-11)8-9-14(17)16(2)13-6-4-3-5-7-13/h3-7,10H,8-9H2,1-2H3. The Morgan fingerprint density at radius 3 is 2.67 bits per heavy atom. The first-order chi connectivity index (χ1) is 8.66. The number of para-hydroxylation sites is 1. The molecule has 0 bridgehead atoms. The van der Waals surface area contributed by atoms with Crippen molar-refractivity contribution >= 4 is 11.6 Å². The van der Waals surface area contributed by atoms with Crippen LogP contribution in [0.2, 0.25) is 0 Å². The second-order valence-electron chi connectivity index (χ2n) is 4.15. The molecule has 4 heteroatoms. The fraction of sp³-hybridized carbons (Fsp3) is 0.286. The van der Waals surface area contributed by atoms with Gasteiger partial charge < -0.3 is 9.32 Å². The van der Waals surface area contributed by atoms with Crippen molar-refractivity contribution in [3.8, 4) is 0 Å². The summed E-state index contributed by atoms with van der Waals surface area (Å²) in [5.74, 6) is 0.704. The molecule has 0 saturated carbocycles. The number of benzene rings is 1. The van der Waals surface area contributed by atoms with Crippen molar-refractivity contribution < 1.29 is 9.21 Å². The normalized spacial score (nSPS) is 10.3. The minimum absolute atomic E-state index is 0.0712. The van der Waals surface area contributed by atoms with E-state index in [-0.39, 0.29) is 5.91 Å². The molecule has 0 fully saturated rings. The van der Waals surface area contributed by atoms with E-state index in [0.29, 0.717) is 18.7 Å². The van der Waals surface area contributed by atoms with Gasteiger partial charge in [-0.3, -0.25) is 4.79 Å². The number of anilines is 1. The lowest BCUT2D eigenvalue weighted by molar-refractivity contribution is -0.118. The second-order valence-corrected chi connectivity index (χ2v) is 4.15. The Labute approximate surface area is 106 Å². The molecule has 1 heterocycles. The zero-order valence-corrected chi connectivity index (χ0v) is 10.6. The fourth-order valence-electron chi connectivity index (χ4n) is 1.72. The molecule has 0 atom stereocenters. The third-order valence-corrected chi connectivity index (χ3v) is 2.78. The monoisotopic (exact) mass is 244 g/mol.